The number of carbonyl (C=O) groups excluding carboxylic acids is 2. The molecule has 1 atom stereocenters. The first-order valence-corrected chi connectivity index (χ1v) is 11.4. The minimum Gasteiger partial charge on any atom is -0.325 e. The van der Waals surface area contributed by atoms with Crippen LogP contribution in [-0.4, -0.2) is 42.1 Å². The van der Waals surface area contributed by atoms with Crippen LogP contribution in [0.25, 0.3) is 0 Å². The largest absolute Gasteiger partial charge is 0.325 e. The fourth-order valence-corrected chi connectivity index (χ4v) is 5.57. The molecule has 1 N–H and O–H groups in total. The highest BCUT2D eigenvalue weighted by Gasteiger charge is 2.40. The standard InChI is InChI=1S/C20H22N2O4S2/c1-13-8-9-17(14(2)12-13)21-19(23)15(3)27-11-10-22-20(24)16-6-4-5-7-18(16)28(22,25)26/h4-9,12,15H,10-11H2,1-3H3,(H,21,23). The summed E-state index contributed by atoms with van der Waals surface area (Å²) in [5.74, 6) is -0.333. The van der Waals surface area contributed by atoms with Crippen molar-refractivity contribution in [2.24, 2.45) is 0 Å². The van der Waals surface area contributed by atoms with Crippen molar-refractivity contribution in [3.05, 3.63) is 59.2 Å². The summed E-state index contributed by atoms with van der Waals surface area (Å²) in [6, 6.07) is 12.0. The number of anilines is 1. The Morgan fingerprint density at radius 1 is 1.18 bits per heavy atom. The van der Waals surface area contributed by atoms with E-state index in [1.807, 2.05) is 32.0 Å². The van der Waals surface area contributed by atoms with Gasteiger partial charge in [-0.3, -0.25) is 9.59 Å². The van der Waals surface area contributed by atoms with E-state index in [1.54, 1.807) is 19.1 Å². The lowest BCUT2D eigenvalue weighted by Crippen LogP contribution is -2.33. The van der Waals surface area contributed by atoms with Gasteiger partial charge < -0.3 is 5.32 Å². The van der Waals surface area contributed by atoms with Crippen LogP contribution < -0.4 is 5.32 Å². The summed E-state index contributed by atoms with van der Waals surface area (Å²) in [6.07, 6.45) is 0. The van der Waals surface area contributed by atoms with E-state index in [-0.39, 0.29) is 28.2 Å². The van der Waals surface area contributed by atoms with Crippen molar-refractivity contribution >= 4 is 39.3 Å². The van der Waals surface area contributed by atoms with E-state index in [1.165, 1.54) is 23.9 Å². The van der Waals surface area contributed by atoms with Crippen molar-refractivity contribution in [1.82, 2.24) is 4.31 Å². The predicted octanol–water partition coefficient (Wildman–Crippen LogP) is 3.21. The SMILES string of the molecule is Cc1ccc(NC(=O)C(C)SCCN2C(=O)c3ccccc3S2(=O)=O)c(C)c1. The zero-order valence-electron chi connectivity index (χ0n) is 15.9. The summed E-state index contributed by atoms with van der Waals surface area (Å²) >= 11 is 1.31. The molecule has 1 aliphatic heterocycles. The van der Waals surface area contributed by atoms with Gasteiger partial charge in [0.2, 0.25) is 5.91 Å². The van der Waals surface area contributed by atoms with Gasteiger partial charge in [-0.2, -0.15) is 0 Å². The number of amides is 2. The lowest BCUT2D eigenvalue weighted by molar-refractivity contribution is -0.115. The maximum absolute atomic E-state index is 12.5. The molecule has 2 aromatic rings. The summed E-state index contributed by atoms with van der Waals surface area (Å²) in [6.45, 7) is 5.71. The molecule has 2 amide bonds. The lowest BCUT2D eigenvalue weighted by atomic mass is 10.1. The number of benzene rings is 2. The summed E-state index contributed by atoms with van der Waals surface area (Å²) in [4.78, 5) is 24.8. The third-order valence-electron chi connectivity index (χ3n) is 4.58. The number of aryl methyl sites for hydroxylation is 2. The van der Waals surface area contributed by atoms with Crippen LogP contribution in [0.15, 0.2) is 47.4 Å². The summed E-state index contributed by atoms with van der Waals surface area (Å²) in [5, 5.41) is 2.51. The lowest BCUT2D eigenvalue weighted by Gasteiger charge is -2.17. The fraction of sp³-hybridized carbons (Fsp3) is 0.300. The first-order chi connectivity index (χ1) is 13.2. The Hall–Kier alpha value is -2.32. The van der Waals surface area contributed by atoms with E-state index in [4.69, 9.17) is 0 Å². The van der Waals surface area contributed by atoms with Crippen LogP contribution in [0.3, 0.4) is 0 Å². The van der Waals surface area contributed by atoms with Crippen molar-refractivity contribution < 1.29 is 18.0 Å². The molecule has 0 radical (unpaired) electrons. The Labute approximate surface area is 169 Å². The molecule has 2 aromatic carbocycles. The molecule has 8 heteroatoms. The van der Waals surface area contributed by atoms with E-state index in [0.29, 0.717) is 5.75 Å². The Balaban J connectivity index is 1.58. The van der Waals surface area contributed by atoms with Gasteiger partial charge in [0.05, 0.1) is 10.8 Å². The molecule has 28 heavy (non-hydrogen) atoms. The van der Waals surface area contributed by atoms with Crippen molar-refractivity contribution in [2.75, 3.05) is 17.6 Å². The molecule has 1 aliphatic rings. The number of hydrogen-bond acceptors (Lipinski definition) is 5. The van der Waals surface area contributed by atoms with Gasteiger partial charge in [-0.25, -0.2) is 12.7 Å². The topological polar surface area (TPSA) is 83.6 Å². The Morgan fingerprint density at radius 2 is 1.89 bits per heavy atom. The van der Waals surface area contributed by atoms with Crippen LogP contribution in [0.1, 0.15) is 28.4 Å². The van der Waals surface area contributed by atoms with Gasteiger partial charge in [0.25, 0.3) is 15.9 Å². The van der Waals surface area contributed by atoms with Crippen molar-refractivity contribution in [3.63, 3.8) is 0 Å². The van der Waals surface area contributed by atoms with E-state index >= 15 is 0 Å². The number of hydrogen-bond donors (Lipinski definition) is 1. The van der Waals surface area contributed by atoms with Gasteiger partial charge >= 0.3 is 0 Å². The van der Waals surface area contributed by atoms with Gasteiger partial charge in [0.1, 0.15) is 4.90 Å². The normalized spacial score (nSPS) is 16.0. The molecular weight excluding hydrogens is 396 g/mol. The average Bonchev–Trinajstić information content (AvgIpc) is 2.84. The van der Waals surface area contributed by atoms with Crippen molar-refractivity contribution in [1.29, 1.82) is 0 Å². The molecule has 0 spiro atoms. The van der Waals surface area contributed by atoms with Crippen molar-refractivity contribution in [3.8, 4) is 0 Å². The average molecular weight is 419 g/mol. The van der Waals surface area contributed by atoms with Crippen LogP contribution in [0.5, 0.6) is 0 Å². The zero-order chi connectivity index (χ0) is 20.5. The summed E-state index contributed by atoms with van der Waals surface area (Å²) in [7, 11) is -3.80. The second-order valence-corrected chi connectivity index (χ2v) is 9.98. The van der Waals surface area contributed by atoms with Crippen LogP contribution in [0.4, 0.5) is 5.69 Å². The van der Waals surface area contributed by atoms with Gasteiger partial charge in [0, 0.05) is 18.0 Å². The highest BCUT2D eigenvalue weighted by atomic mass is 32.2. The number of fused-ring (bicyclic) bond motifs is 1. The summed E-state index contributed by atoms with van der Waals surface area (Å²) < 4.78 is 25.9. The second-order valence-electron chi connectivity index (χ2n) is 6.70. The van der Waals surface area contributed by atoms with Gasteiger partial charge in [0.15, 0.2) is 0 Å². The number of nitrogens with zero attached hydrogens (tertiary/aromatic N) is 1. The Morgan fingerprint density at radius 3 is 2.57 bits per heavy atom. The van der Waals surface area contributed by atoms with Gasteiger partial charge in [-0.15, -0.1) is 11.8 Å². The highest BCUT2D eigenvalue weighted by Crippen LogP contribution is 2.30. The Bertz CT molecular complexity index is 1030. The van der Waals surface area contributed by atoms with Crippen molar-refractivity contribution in [2.45, 2.75) is 30.9 Å². The fourth-order valence-electron chi connectivity index (χ4n) is 3.03. The minimum atomic E-state index is -3.80. The van der Waals surface area contributed by atoms with Gasteiger partial charge in [-0.05, 0) is 44.5 Å². The van der Waals surface area contributed by atoms with Crippen LogP contribution in [0.2, 0.25) is 0 Å². The molecule has 148 valence electrons. The third kappa shape index (κ3) is 3.93. The van der Waals surface area contributed by atoms with Crippen LogP contribution >= 0.6 is 11.8 Å². The molecule has 0 aromatic heterocycles. The maximum Gasteiger partial charge on any atom is 0.269 e. The zero-order valence-corrected chi connectivity index (χ0v) is 17.6. The number of rotatable bonds is 6. The van der Waals surface area contributed by atoms with E-state index in [0.717, 1.165) is 21.1 Å². The molecule has 3 rings (SSSR count). The molecule has 0 saturated heterocycles. The molecule has 0 fully saturated rings. The quantitative estimate of drug-likeness (QED) is 0.779. The molecule has 0 saturated carbocycles. The third-order valence-corrected chi connectivity index (χ3v) is 7.56. The van der Waals surface area contributed by atoms with Crippen LogP contribution in [0, 0.1) is 13.8 Å². The molecule has 1 heterocycles. The number of nitrogens with one attached hydrogen (secondary N) is 1. The smallest absolute Gasteiger partial charge is 0.269 e. The molecule has 6 nitrogen and oxygen atoms in total. The van der Waals surface area contributed by atoms with E-state index < -0.39 is 15.9 Å². The monoisotopic (exact) mass is 418 g/mol. The highest BCUT2D eigenvalue weighted by molar-refractivity contribution is 8.00. The van der Waals surface area contributed by atoms with Gasteiger partial charge in [-0.1, -0.05) is 29.8 Å². The maximum atomic E-state index is 12.5. The minimum absolute atomic E-state index is 0.0295. The molecule has 1 unspecified atom stereocenters. The first kappa shape index (κ1) is 20.4. The number of sulfonamides is 1. The predicted molar refractivity (Wildman–Crippen MR) is 111 cm³/mol. The molecular formula is C20H22N2O4S2. The van der Waals surface area contributed by atoms with Crippen LogP contribution in [-0.2, 0) is 14.8 Å². The first-order valence-electron chi connectivity index (χ1n) is 8.87. The second kappa shape index (κ2) is 7.97. The molecule has 0 bridgehead atoms. The summed E-state index contributed by atoms with van der Waals surface area (Å²) in [5.41, 5.74) is 3.07. The van der Waals surface area contributed by atoms with E-state index in [2.05, 4.69) is 5.32 Å². The Kier molecular flexibility index (Phi) is 5.81. The number of carbonyl (C=O) groups is 2. The number of thioether (sulfide) groups is 1. The molecule has 0 aliphatic carbocycles. The van der Waals surface area contributed by atoms with E-state index in [9.17, 15) is 18.0 Å².